The predicted molar refractivity (Wildman–Crippen MR) is 65.6 cm³/mol. The summed E-state index contributed by atoms with van der Waals surface area (Å²) >= 11 is 4.87. The van der Waals surface area contributed by atoms with Crippen molar-refractivity contribution in [3.8, 4) is 0 Å². The highest BCUT2D eigenvalue weighted by Gasteiger charge is 2.22. The number of aromatic amines is 1. The van der Waals surface area contributed by atoms with Gasteiger partial charge in [0, 0.05) is 25.4 Å². The fourth-order valence-electron chi connectivity index (χ4n) is 1.48. The van der Waals surface area contributed by atoms with Gasteiger partial charge < -0.3 is 10.6 Å². The smallest absolute Gasteiger partial charge is 0.232 e. The van der Waals surface area contributed by atoms with Crippen molar-refractivity contribution in [1.29, 1.82) is 0 Å². The first-order valence-electron chi connectivity index (χ1n) is 5.08. The number of rotatable bonds is 5. The molecule has 1 atom stereocenters. The van der Waals surface area contributed by atoms with Gasteiger partial charge in [0.1, 0.15) is 0 Å². The number of aromatic nitrogens is 2. The molecule has 3 N–H and O–H groups in total. The second-order valence-electron chi connectivity index (χ2n) is 3.66. The Morgan fingerprint density at radius 2 is 2.44 bits per heavy atom. The van der Waals surface area contributed by atoms with Crippen molar-refractivity contribution >= 4 is 23.1 Å². The average Bonchev–Trinajstić information content (AvgIpc) is 2.70. The molecule has 5 nitrogen and oxygen atoms in total. The summed E-state index contributed by atoms with van der Waals surface area (Å²) in [7, 11) is 1.73. The van der Waals surface area contributed by atoms with E-state index in [-0.39, 0.29) is 16.8 Å². The van der Waals surface area contributed by atoms with Crippen LogP contribution in [0.4, 0.5) is 0 Å². The molecule has 1 unspecified atom stereocenters. The first kappa shape index (κ1) is 12.6. The summed E-state index contributed by atoms with van der Waals surface area (Å²) < 4.78 is 0. The molecular formula is C10H16N4OS. The average molecular weight is 240 g/mol. The highest BCUT2D eigenvalue weighted by molar-refractivity contribution is 7.80. The summed E-state index contributed by atoms with van der Waals surface area (Å²) in [4.78, 5) is 13.8. The zero-order chi connectivity index (χ0) is 12.1. The van der Waals surface area contributed by atoms with Crippen LogP contribution in [0.25, 0.3) is 0 Å². The quantitative estimate of drug-likeness (QED) is 0.742. The summed E-state index contributed by atoms with van der Waals surface area (Å²) in [5.74, 6) is -0.414. The van der Waals surface area contributed by atoms with E-state index < -0.39 is 0 Å². The van der Waals surface area contributed by atoms with E-state index in [1.165, 1.54) is 0 Å². The van der Waals surface area contributed by atoms with E-state index >= 15 is 0 Å². The Hall–Kier alpha value is -1.43. The molecule has 1 aromatic rings. The number of amides is 1. The van der Waals surface area contributed by atoms with Crippen LogP contribution >= 0.6 is 12.2 Å². The van der Waals surface area contributed by atoms with Crippen molar-refractivity contribution in [3.05, 3.63) is 18.0 Å². The lowest BCUT2D eigenvalue weighted by Gasteiger charge is -2.21. The van der Waals surface area contributed by atoms with E-state index in [1.807, 2.05) is 6.92 Å². The fourth-order valence-corrected chi connectivity index (χ4v) is 1.75. The van der Waals surface area contributed by atoms with Crippen LogP contribution in [0.3, 0.4) is 0 Å². The number of H-pyrrole nitrogens is 1. The summed E-state index contributed by atoms with van der Waals surface area (Å²) in [5, 5.41) is 6.52. The molecule has 0 aliphatic rings. The number of carbonyl (C=O) groups is 1. The molecule has 0 saturated carbocycles. The van der Waals surface area contributed by atoms with E-state index in [0.29, 0.717) is 13.0 Å². The van der Waals surface area contributed by atoms with Crippen LogP contribution in [-0.4, -0.2) is 33.0 Å². The van der Waals surface area contributed by atoms with E-state index in [2.05, 4.69) is 10.2 Å². The van der Waals surface area contributed by atoms with Crippen LogP contribution in [0.15, 0.2) is 12.4 Å². The molecule has 1 rings (SSSR count). The molecule has 1 aromatic heterocycles. The van der Waals surface area contributed by atoms with Crippen LogP contribution in [0.1, 0.15) is 18.9 Å². The fraction of sp³-hybridized carbons (Fsp3) is 0.500. The van der Waals surface area contributed by atoms with Gasteiger partial charge in [0.15, 0.2) is 0 Å². The van der Waals surface area contributed by atoms with Crippen LogP contribution < -0.4 is 5.73 Å². The van der Waals surface area contributed by atoms with Crippen molar-refractivity contribution in [3.63, 3.8) is 0 Å². The highest BCUT2D eigenvalue weighted by atomic mass is 32.1. The Kier molecular flexibility index (Phi) is 4.42. The number of hydrogen-bond acceptors (Lipinski definition) is 3. The summed E-state index contributed by atoms with van der Waals surface area (Å²) in [6.45, 7) is 2.40. The minimum Gasteiger partial charge on any atom is -0.393 e. The summed E-state index contributed by atoms with van der Waals surface area (Å²) in [6.07, 6.45) is 4.07. The molecule has 1 amide bonds. The molecule has 0 spiro atoms. The minimum absolute atomic E-state index is 0.0452. The van der Waals surface area contributed by atoms with Gasteiger partial charge in [-0.15, -0.1) is 0 Å². The molecule has 0 aliphatic heterocycles. The van der Waals surface area contributed by atoms with Gasteiger partial charge in [-0.2, -0.15) is 5.10 Å². The summed E-state index contributed by atoms with van der Waals surface area (Å²) in [5.41, 5.74) is 6.48. The summed E-state index contributed by atoms with van der Waals surface area (Å²) in [6, 6.07) is 0. The lowest BCUT2D eigenvalue weighted by Crippen LogP contribution is -2.38. The van der Waals surface area contributed by atoms with Gasteiger partial charge in [0.25, 0.3) is 0 Å². The van der Waals surface area contributed by atoms with Gasteiger partial charge in [-0.05, 0) is 6.42 Å². The standard InChI is InChI=1S/C10H16N4OS/c1-3-8(9(11)16)10(15)14(2)6-7-4-12-13-5-7/h4-5,8H,3,6H2,1-2H3,(H2,11,16)(H,12,13). The maximum absolute atomic E-state index is 12.0. The van der Waals surface area contributed by atoms with E-state index in [4.69, 9.17) is 18.0 Å². The van der Waals surface area contributed by atoms with Crippen molar-refractivity contribution in [2.75, 3.05) is 7.05 Å². The number of nitrogens with one attached hydrogen (secondary N) is 1. The van der Waals surface area contributed by atoms with E-state index in [0.717, 1.165) is 5.56 Å². The zero-order valence-electron chi connectivity index (χ0n) is 9.43. The molecule has 6 heteroatoms. The molecule has 0 aromatic carbocycles. The van der Waals surface area contributed by atoms with Crippen LogP contribution in [0.5, 0.6) is 0 Å². The Morgan fingerprint density at radius 1 is 1.75 bits per heavy atom. The van der Waals surface area contributed by atoms with E-state index in [9.17, 15) is 4.79 Å². The third-order valence-corrected chi connectivity index (χ3v) is 2.69. The molecule has 0 radical (unpaired) electrons. The number of hydrogen-bond donors (Lipinski definition) is 2. The van der Waals surface area contributed by atoms with Crippen LogP contribution in [0.2, 0.25) is 0 Å². The molecule has 0 fully saturated rings. The SMILES string of the molecule is CCC(C(=O)N(C)Cc1cn[nH]c1)C(N)=S. The largest absolute Gasteiger partial charge is 0.393 e. The monoisotopic (exact) mass is 240 g/mol. The number of carbonyl (C=O) groups excluding carboxylic acids is 1. The maximum atomic E-state index is 12.0. The zero-order valence-corrected chi connectivity index (χ0v) is 10.3. The normalized spacial score (nSPS) is 12.1. The molecule has 88 valence electrons. The van der Waals surface area contributed by atoms with Gasteiger partial charge in [-0.1, -0.05) is 19.1 Å². The molecule has 0 saturated heterocycles. The van der Waals surface area contributed by atoms with Crippen molar-refractivity contribution in [1.82, 2.24) is 15.1 Å². The Balaban J connectivity index is 2.62. The third-order valence-electron chi connectivity index (χ3n) is 2.40. The molecule has 1 heterocycles. The second-order valence-corrected chi connectivity index (χ2v) is 4.14. The lowest BCUT2D eigenvalue weighted by molar-refractivity contribution is -0.132. The van der Waals surface area contributed by atoms with Gasteiger partial charge in [-0.25, -0.2) is 0 Å². The number of thiocarbonyl (C=S) groups is 1. The number of nitrogens with zero attached hydrogens (tertiary/aromatic N) is 2. The molecule has 0 bridgehead atoms. The molecule has 16 heavy (non-hydrogen) atoms. The number of nitrogens with two attached hydrogens (primary N) is 1. The van der Waals surface area contributed by atoms with Gasteiger partial charge >= 0.3 is 0 Å². The van der Waals surface area contributed by atoms with Crippen molar-refractivity contribution in [2.45, 2.75) is 19.9 Å². The van der Waals surface area contributed by atoms with E-state index in [1.54, 1.807) is 24.3 Å². The highest BCUT2D eigenvalue weighted by Crippen LogP contribution is 2.09. The Bertz CT molecular complexity index is 363. The van der Waals surface area contributed by atoms with Crippen molar-refractivity contribution < 1.29 is 4.79 Å². The Morgan fingerprint density at radius 3 is 2.88 bits per heavy atom. The lowest BCUT2D eigenvalue weighted by atomic mass is 10.1. The predicted octanol–water partition coefficient (Wildman–Crippen LogP) is 0.680. The molecule has 0 aliphatic carbocycles. The first-order chi connectivity index (χ1) is 7.56. The molecular weight excluding hydrogens is 224 g/mol. The van der Waals surface area contributed by atoms with Crippen molar-refractivity contribution in [2.24, 2.45) is 11.7 Å². The van der Waals surface area contributed by atoms with Crippen LogP contribution in [-0.2, 0) is 11.3 Å². The third kappa shape index (κ3) is 3.03. The minimum atomic E-state index is -0.369. The second kappa shape index (κ2) is 5.60. The van der Waals surface area contributed by atoms with Crippen LogP contribution in [0, 0.1) is 5.92 Å². The Labute approximate surface area is 100 Å². The van der Waals surface area contributed by atoms with Gasteiger partial charge in [0.2, 0.25) is 5.91 Å². The topological polar surface area (TPSA) is 75.0 Å². The van der Waals surface area contributed by atoms with Gasteiger partial charge in [0.05, 0.1) is 17.1 Å². The van der Waals surface area contributed by atoms with Gasteiger partial charge in [-0.3, -0.25) is 9.89 Å². The maximum Gasteiger partial charge on any atom is 0.232 e. The first-order valence-corrected chi connectivity index (χ1v) is 5.49.